The first-order valence-electron chi connectivity index (χ1n) is 4.01. The third-order valence-electron chi connectivity index (χ3n) is 1.79. The van der Waals surface area contributed by atoms with Crippen LogP contribution in [-0.4, -0.2) is 5.11 Å². The minimum atomic E-state index is -0.512. The maximum atomic E-state index is 9.68. The number of hydrogen-bond donors (Lipinski definition) is 1. The van der Waals surface area contributed by atoms with Crippen LogP contribution in [0.15, 0.2) is 5.38 Å². The molecule has 70 valence electrons. The maximum absolute atomic E-state index is 9.68. The van der Waals surface area contributed by atoms with E-state index in [0.29, 0.717) is 17.9 Å². The van der Waals surface area contributed by atoms with Crippen molar-refractivity contribution in [2.24, 2.45) is 0 Å². The Morgan fingerprint density at radius 1 is 1.77 bits per heavy atom. The van der Waals surface area contributed by atoms with Crippen LogP contribution in [0.25, 0.3) is 0 Å². The van der Waals surface area contributed by atoms with Crippen molar-refractivity contribution in [3.8, 4) is 12.3 Å². The standard InChI is InChI=1S/C10H11ClOS/c1-3-4-5-8(12)10-9(11)7(2)6-13-10/h1,6,8,12H,4-5H2,2H3. The Labute approximate surface area is 87.4 Å². The van der Waals surface area contributed by atoms with Crippen molar-refractivity contribution in [1.29, 1.82) is 0 Å². The van der Waals surface area contributed by atoms with Crippen molar-refractivity contribution in [2.45, 2.75) is 25.9 Å². The molecule has 0 aromatic carbocycles. The van der Waals surface area contributed by atoms with Gasteiger partial charge >= 0.3 is 0 Å². The summed E-state index contributed by atoms with van der Waals surface area (Å²) in [4.78, 5) is 0.828. The molecule has 0 bridgehead atoms. The summed E-state index contributed by atoms with van der Waals surface area (Å²) >= 11 is 7.47. The number of thiophene rings is 1. The van der Waals surface area contributed by atoms with Gasteiger partial charge in [0.15, 0.2) is 0 Å². The van der Waals surface area contributed by atoms with Crippen LogP contribution in [0.4, 0.5) is 0 Å². The Bertz CT molecular complexity index is 324. The van der Waals surface area contributed by atoms with E-state index in [1.54, 1.807) is 0 Å². The number of terminal acetylenes is 1. The minimum absolute atomic E-state index is 0.512. The predicted octanol–water partition coefficient (Wildman–Crippen LogP) is 3.16. The first-order chi connectivity index (χ1) is 6.16. The van der Waals surface area contributed by atoms with E-state index < -0.39 is 6.10 Å². The molecule has 0 saturated carbocycles. The molecule has 0 spiro atoms. The van der Waals surface area contributed by atoms with Gasteiger partial charge < -0.3 is 5.11 Å². The number of aliphatic hydroxyl groups excluding tert-OH is 1. The summed E-state index contributed by atoms with van der Waals surface area (Å²) in [7, 11) is 0. The van der Waals surface area contributed by atoms with Crippen LogP contribution in [-0.2, 0) is 0 Å². The molecule has 0 aliphatic rings. The van der Waals surface area contributed by atoms with Crippen molar-refractivity contribution >= 4 is 22.9 Å². The molecule has 0 fully saturated rings. The molecule has 0 saturated heterocycles. The lowest BCUT2D eigenvalue weighted by Gasteiger charge is -2.06. The third-order valence-corrected chi connectivity index (χ3v) is 3.61. The second kappa shape index (κ2) is 4.66. The Hall–Kier alpha value is -0.490. The highest BCUT2D eigenvalue weighted by Gasteiger charge is 2.14. The highest BCUT2D eigenvalue weighted by Crippen LogP contribution is 2.34. The fraction of sp³-hybridized carbons (Fsp3) is 0.400. The summed E-state index contributed by atoms with van der Waals surface area (Å²) in [6.07, 6.45) is 5.75. The Morgan fingerprint density at radius 3 is 2.92 bits per heavy atom. The highest BCUT2D eigenvalue weighted by atomic mass is 35.5. The van der Waals surface area contributed by atoms with E-state index in [0.717, 1.165) is 10.4 Å². The molecule has 1 N–H and O–H groups in total. The van der Waals surface area contributed by atoms with Crippen LogP contribution in [0.3, 0.4) is 0 Å². The molecule has 1 aromatic rings. The van der Waals surface area contributed by atoms with Crippen molar-refractivity contribution in [2.75, 3.05) is 0 Å². The molecule has 3 heteroatoms. The summed E-state index contributed by atoms with van der Waals surface area (Å²) in [5, 5.41) is 12.3. The number of aliphatic hydroxyl groups is 1. The molecule has 0 aliphatic heterocycles. The number of halogens is 1. The lowest BCUT2D eigenvalue weighted by molar-refractivity contribution is 0.173. The number of hydrogen-bond acceptors (Lipinski definition) is 2. The summed E-state index contributed by atoms with van der Waals surface area (Å²) in [5.41, 5.74) is 1.02. The van der Waals surface area contributed by atoms with Crippen LogP contribution >= 0.6 is 22.9 Å². The Balaban J connectivity index is 2.72. The molecule has 0 amide bonds. The zero-order valence-corrected chi connectivity index (χ0v) is 8.95. The van der Waals surface area contributed by atoms with E-state index in [1.165, 1.54) is 11.3 Å². The molecule has 1 nitrogen and oxygen atoms in total. The molecular formula is C10H11ClOS. The quantitative estimate of drug-likeness (QED) is 0.767. The highest BCUT2D eigenvalue weighted by molar-refractivity contribution is 7.10. The SMILES string of the molecule is C#CCCC(O)c1scc(C)c1Cl. The van der Waals surface area contributed by atoms with Crippen molar-refractivity contribution in [3.63, 3.8) is 0 Å². The molecule has 13 heavy (non-hydrogen) atoms. The van der Waals surface area contributed by atoms with Crippen molar-refractivity contribution in [1.82, 2.24) is 0 Å². The first-order valence-corrected chi connectivity index (χ1v) is 5.27. The van der Waals surface area contributed by atoms with Gasteiger partial charge in [0.05, 0.1) is 16.0 Å². The van der Waals surface area contributed by atoms with E-state index >= 15 is 0 Å². The Kier molecular flexibility index (Phi) is 3.80. The van der Waals surface area contributed by atoms with Crippen molar-refractivity contribution < 1.29 is 5.11 Å². The van der Waals surface area contributed by atoms with E-state index in [1.807, 2.05) is 12.3 Å². The fourth-order valence-corrected chi connectivity index (χ4v) is 2.37. The van der Waals surface area contributed by atoms with Crippen LogP contribution < -0.4 is 0 Å². The van der Waals surface area contributed by atoms with Gasteiger partial charge in [-0.3, -0.25) is 0 Å². The molecule has 1 unspecified atom stereocenters. The average Bonchev–Trinajstić information content (AvgIpc) is 2.44. The van der Waals surface area contributed by atoms with Gasteiger partial charge in [0.2, 0.25) is 0 Å². The minimum Gasteiger partial charge on any atom is -0.387 e. The summed E-state index contributed by atoms with van der Waals surface area (Å²) in [6, 6.07) is 0. The van der Waals surface area contributed by atoms with Gasteiger partial charge in [-0.15, -0.1) is 23.7 Å². The van der Waals surface area contributed by atoms with Gasteiger partial charge in [-0.05, 0) is 24.3 Å². The van der Waals surface area contributed by atoms with E-state index in [2.05, 4.69) is 5.92 Å². The van der Waals surface area contributed by atoms with Crippen LogP contribution in [0.5, 0.6) is 0 Å². The van der Waals surface area contributed by atoms with Gasteiger partial charge in [0.1, 0.15) is 0 Å². The second-order valence-corrected chi connectivity index (χ2v) is 4.14. The molecule has 0 aliphatic carbocycles. The monoisotopic (exact) mass is 214 g/mol. The summed E-state index contributed by atoms with van der Waals surface area (Å²) in [5.74, 6) is 2.50. The second-order valence-electron chi connectivity index (χ2n) is 2.86. The molecule has 1 atom stereocenters. The smallest absolute Gasteiger partial charge is 0.0906 e. The molecule has 0 radical (unpaired) electrons. The normalized spacial score (nSPS) is 12.5. The van der Waals surface area contributed by atoms with Gasteiger partial charge in [0.25, 0.3) is 0 Å². The van der Waals surface area contributed by atoms with Crippen LogP contribution in [0.1, 0.15) is 29.4 Å². The van der Waals surface area contributed by atoms with Crippen LogP contribution in [0, 0.1) is 19.3 Å². The third kappa shape index (κ3) is 2.47. The average molecular weight is 215 g/mol. The van der Waals surface area contributed by atoms with Gasteiger partial charge in [0, 0.05) is 6.42 Å². The lowest BCUT2D eigenvalue weighted by Crippen LogP contribution is -1.94. The zero-order valence-electron chi connectivity index (χ0n) is 7.38. The van der Waals surface area contributed by atoms with E-state index in [-0.39, 0.29) is 0 Å². The van der Waals surface area contributed by atoms with Gasteiger partial charge in [-0.2, -0.15) is 0 Å². The maximum Gasteiger partial charge on any atom is 0.0906 e. The summed E-state index contributed by atoms with van der Waals surface area (Å²) < 4.78 is 0. The lowest BCUT2D eigenvalue weighted by atomic mass is 10.1. The van der Waals surface area contributed by atoms with E-state index in [4.69, 9.17) is 18.0 Å². The fourth-order valence-electron chi connectivity index (χ4n) is 1.03. The molecule has 1 rings (SSSR count). The number of aryl methyl sites for hydroxylation is 1. The topological polar surface area (TPSA) is 20.2 Å². The molecule has 1 heterocycles. The van der Waals surface area contributed by atoms with Crippen LogP contribution in [0.2, 0.25) is 5.02 Å². The largest absolute Gasteiger partial charge is 0.387 e. The van der Waals surface area contributed by atoms with E-state index in [9.17, 15) is 5.11 Å². The first kappa shape index (κ1) is 10.6. The van der Waals surface area contributed by atoms with Gasteiger partial charge in [-0.1, -0.05) is 11.6 Å². The molecular weight excluding hydrogens is 204 g/mol. The summed E-state index contributed by atoms with van der Waals surface area (Å²) in [6.45, 7) is 1.93. The number of rotatable bonds is 3. The van der Waals surface area contributed by atoms with Crippen molar-refractivity contribution in [3.05, 3.63) is 20.8 Å². The zero-order chi connectivity index (χ0) is 9.84. The molecule has 1 aromatic heterocycles. The van der Waals surface area contributed by atoms with Gasteiger partial charge in [-0.25, -0.2) is 0 Å². The predicted molar refractivity (Wildman–Crippen MR) is 57.1 cm³/mol. The Morgan fingerprint density at radius 2 is 2.46 bits per heavy atom.